The van der Waals surface area contributed by atoms with Crippen molar-refractivity contribution in [2.24, 2.45) is 5.92 Å². The van der Waals surface area contributed by atoms with Crippen molar-refractivity contribution in [3.8, 4) is 0 Å². The number of halogens is 1. The van der Waals surface area contributed by atoms with Gasteiger partial charge in [0.1, 0.15) is 5.82 Å². The smallest absolute Gasteiger partial charge is 0.243 e. The maximum absolute atomic E-state index is 13.6. The summed E-state index contributed by atoms with van der Waals surface area (Å²) in [6.45, 7) is 8.50. The Bertz CT molecular complexity index is 1220. The van der Waals surface area contributed by atoms with Gasteiger partial charge in [-0.05, 0) is 61.7 Å². The zero-order valence-corrected chi connectivity index (χ0v) is 22.3. The van der Waals surface area contributed by atoms with Crippen LogP contribution in [0.2, 0.25) is 0 Å². The third kappa shape index (κ3) is 7.46. The van der Waals surface area contributed by atoms with Gasteiger partial charge in [-0.2, -0.15) is 4.31 Å². The molecule has 1 atom stereocenters. The second kappa shape index (κ2) is 11.9. The van der Waals surface area contributed by atoms with Gasteiger partial charge in [0.25, 0.3) is 0 Å². The second-order valence-electron chi connectivity index (χ2n) is 9.01. The highest BCUT2D eigenvalue weighted by Crippen LogP contribution is 2.22. The van der Waals surface area contributed by atoms with Crippen LogP contribution in [0.15, 0.2) is 65.6 Å². The molecule has 188 valence electrons. The molecule has 0 saturated carbocycles. The highest BCUT2D eigenvalue weighted by molar-refractivity contribution is 7.89. The lowest BCUT2D eigenvalue weighted by Crippen LogP contribution is -2.44. The summed E-state index contributed by atoms with van der Waals surface area (Å²) in [5, 5.41) is 0. The van der Waals surface area contributed by atoms with E-state index in [1.807, 2.05) is 39.8 Å². The summed E-state index contributed by atoms with van der Waals surface area (Å²) in [6, 6.07) is 16.7. The zero-order valence-electron chi connectivity index (χ0n) is 20.7. The molecule has 1 amide bonds. The molecular weight excluding hydrogens is 483 g/mol. The number of hydrogen-bond acceptors (Lipinski definition) is 4. The predicted molar refractivity (Wildman–Crippen MR) is 139 cm³/mol. The Morgan fingerprint density at radius 2 is 1.63 bits per heavy atom. The van der Waals surface area contributed by atoms with E-state index < -0.39 is 10.0 Å². The van der Waals surface area contributed by atoms with Crippen LogP contribution in [0.3, 0.4) is 0 Å². The van der Waals surface area contributed by atoms with Crippen LogP contribution in [0.1, 0.15) is 41.1 Å². The van der Waals surface area contributed by atoms with E-state index in [-0.39, 0.29) is 42.2 Å². The molecule has 2 aromatic carbocycles. The van der Waals surface area contributed by atoms with Gasteiger partial charge in [0, 0.05) is 22.8 Å². The van der Waals surface area contributed by atoms with Gasteiger partial charge >= 0.3 is 0 Å². The second-order valence-corrected chi connectivity index (χ2v) is 12.3. The lowest BCUT2D eigenvalue weighted by molar-refractivity contribution is -0.132. The Morgan fingerprint density at radius 1 is 0.971 bits per heavy atom. The molecule has 0 aliphatic heterocycles. The summed E-state index contributed by atoms with van der Waals surface area (Å²) in [7, 11) is -3.86. The van der Waals surface area contributed by atoms with E-state index >= 15 is 0 Å². The Kier molecular flexibility index (Phi) is 9.21. The average Bonchev–Trinajstić information content (AvgIpc) is 3.24. The van der Waals surface area contributed by atoms with Crippen molar-refractivity contribution in [3.63, 3.8) is 0 Å². The molecule has 0 spiro atoms. The van der Waals surface area contributed by atoms with Crippen molar-refractivity contribution in [2.75, 3.05) is 13.1 Å². The predicted octanol–water partition coefficient (Wildman–Crippen LogP) is 5.77. The highest BCUT2D eigenvalue weighted by Gasteiger charge is 2.29. The molecular formula is C27H33FN2O3S2. The van der Waals surface area contributed by atoms with Crippen LogP contribution < -0.4 is 0 Å². The van der Waals surface area contributed by atoms with Gasteiger partial charge in [0.2, 0.25) is 15.9 Å². The van der Waals surface area contributed by atoms with E-state index in [9.17, 15) is 17.6 Å². The monoisotopic (exact) mass is 516 g/mol. The summed E-state index contributed by atoms with van der Waals surface area (Å²) < 4.78 is 41.8. The Labute approximate surface area is 212 Å². The average molecular weight is 517 g/mol. The number of benzene rings is 2. The molecule has 3 rings (SSSR count). The molecule has 0 radical (unpaired) electrons. The third-order valence-corrected chi connectivity index (χ3v) is 8.78. The third-order valence-electron chi connectivity index (χ3n) is 5.96. The number of sulfonamides is 1. The summed E-state index contributed by atoms with van der Waals surface area (Å²) in [5.74, 6) is -0.544. The first-order chi connectivity index (χ1) is 16.6. The molecule has 0 aliphatic rings. The molecule has 35 heavy (non-hydrogen) atoms. The van der Waals surface area contributed by atoms with Crippen LogP contribution in [-0.4, -0.2) is 36.6 Å². The van der Waals surface area contributed by atoms with E-state index in [1.54, 1.807) is 52.6 Å². The normalized spacial score (nSPS) is 12.6. The quantitative estimate of drug-likeness (QED) is 0.325. The van der Waals surface area contributed by atoms with Crippen molar-refractivity contribution in [1.29, 1.82) is 0 Å². The molecule has 0 bridgehead atoms. The minimum absolute atomic E-state index is 0.0912. The number of amides is 1. The van der Waals surface area contributed by atoms with E-state index in [4.69, 9.17) is 0 Å². The van der Waals surface area contributed by atoms with E-state index in [2.05, 4.69) is 0 Å². The van der Waals surface area contributed by atoms with Crippen molar-refractivity contribution in [2.45, 2.75) is 52.1 Å². The Balaban J connectivity index is 1.89. The number of carbonyl (C=O) groups is 1. The summed E-state index contributed by atoms with van der Waals surface area (Å²) >= 11 is 1.60. The van der Waals surface area contributed by atoms with Gasteiger partial charge in [-0.15, -0.1) is 11.3 Å². The SMILES string of the molecule is CCC(C)CN(CC(=O)N(Cc1ccc(F)cc1)Cc1ccc(C)s1)S(=O)(=O)c1ccc(C)cc1. The van der Waals surface area contributed by atoms with Crippen LogP contribution in [-0.2, 0) is 27.9 Å². The van der Waals surface area contributed by atoms with Crippen LogP contribution >= 0.6 is 11.3 Å². The summed E-state index contributed by atoms with van der Waals surface area (Å²) in [5.41, 5.74) is 1.74. The van der Waals surface area contributed by atoms with Gasteiger partial charge in [-0.3, -0.25) is 4.79 Å². The minimum atomic E-state index is -3.86. The van der Waals surface area contributed by atoms with Crippen LogP contribution in [0, 0.1) is 25.6 Å². The van der Waals surface area contributed by atoms with Crippen molar-refractivity contribution < 1.29 is 17.6 Å². The van der Waals surface area contributed by atoms with Crippen molar-refractivity contribution in [3.05, 3.63) is 87.4 Å². The number of hydrogen-bond donors (Lipinski definition) is 0. The number of aryl methyl sites for hydroxylation is 2. The first-order valence-electron chi connectivity index (χ1n) is 11.7. The molecule has 1 unspecified atom stereocenters. The number of rotatable bonds is 11. The topological polar surface area (TPSA) is 57.7 Å². The van der Waals surface area contributed by atoms with Crippen LogP contribution in [0.5, 0.6) is 0 Å². The van der Waals surface area contributed by atoms with E-state index in [0.717, 1.165) is 27.3 Å². The molecule has 5 nitrogen and oxygen atoms in total. The van der Waals surface area contributed by atoms with Crippen molar-refractivity contribution >= 4 is 27.3 Å². The molecule has 1 aromatic heterocycles. The largest absolute Gasteiger partial charge is 0.332 e. The Morgan fingerprint density at radius 3 is 2.20 bits per heavy atom. The van der Waals surface area contributed by atoms with Gasteiger partial charge in [-0.25, -0.2) is 12.8 Å². The lowest BCUT2D eigenvalue weighted by atomic mass is 10.1. The van der Waals surface area contributed by atoms with Gasteiger partial charge < -0.3 is 4.90 Å². The fraction of sp³-hybridized carbons (Fsp3) is 0.370. The molecule has 8 heteroatoms. The molecule has 0 N–H and O–H groups in total. The van der Waals surface area contributed by atoms with E-state index in [1.165, 1.54) is 16.4 Å². The number of carbonyl (C=O) groups excluding carboxylic acids is 1. The number of thiophene rings is 1. The van der Waals surface area contributed by atoms with Gasteiger partial charge in [0.05, 0.1) is 18.0 Å². The molecule has 3 aromatic rings. The first-order valence-corrected chi connectivity index (χ1v) is 14.0. The Hall–Kier alpha value is -2.55. The molecule has 0 aliphatic carbocycles. The van der Waals surface area contributed by atoms with Crippen LogP contribution in [0.25, 0.3) is 0 Å². The summed E-state index contributed by atoms with van der Waals surface area (Å²) in [6.07, 6.45) is 0.794. The fourth-order valence-electron chi connectivity index (χ4n) is 3.64. The maximum atomic E-state index is 13.6. The van der Waals surface area contributed by atoms with Crippen LogP contribution in [0.4, 0.5) is 4.39 Å². The van der Waals surface area contributed by atoms with E-state index in [0.29, 0.717) is 6.54 Å². The first kappa shape index (κ1) is 27.0. The number of nitrogens with zero attached hydrogens (tertiary/aromatic N) is 2. The fourth-order valence-corrected chi connectivity index (χ4v) is 6.05. The van der Waals surface area contributed by atoms with Gasteiger partial charge in [0.15, 0.2) is 0 Å². The standard InChI is InChI=1S/C27H33FN2O3S2/c1-5-20(2)16-30(35(32,33)26-14-6-21(3)7-15-26)19-27(31)29(18-25-13-8-22(4)34-25)17-23-9-11-24(28)12-10-23/h6-15,20H,5,16-19H2,1-4H3. The maximum Gasteiger partial charge on any atom is 0.243 e. The molecule has 0 saturated heterocycles. The minimum Gasteiger partial charge on any atom is -0.332 e. The van der Waals surface area contributed by atoms with Gasteiger partial charge in [-0.1, -0.05) is 50.1 Å². The molecule has 1 heterocycles. The lowest BCUT2D eigenvalue weighted by Gasteiger charge is -2.28. The molecule has 0 fully saturated rings. The summed E-state index contributed by atoms with van der Waals surface area (Å²) in [4.78, 5) is 17.6. The highest BCUT2D eigenvalue weighted by atomic mass is 32.2. The zero-order chi connectivity index (χ0) is 25.6. The van der Waals surface area contributed by atoms with Crippen molar-refractivity contribution in [1.82, 2.24) is 9.21 Å².